The Kier molecular flexibility index (Phi) is 3.87. The van der Waals surface area contributed by atoms with Gasteiger partial charge in [-0.15, -0.1) is 0 Å². The van der Waals surface area contributed by atoms with Crippen LogP contribution in [0.5, 0.6) is 0 Å². The van der Waals surface area contributed by atoms with Crippen LogP contribution in [-0.2, 0) is 0 Å². The Morgan fingerprint density at radius 3 is 2.47 bits per heavy atom. The summed E-state index contributed by atoms with van der Waals surface area (Å²) in [6.07, 6.45) is 1.74. The molecule has 0 aliphatic carbocycles. The summed E-state index contributed by atoms with van der Waals surface area (Å²) in [5.74, 6) is 0.990. The predicted octanol–water partition coefficient (Wildman–Crippen LogP) is 2.93. The van der Waals surface area contributed by atoms with E-state index in [0.29, 0.717) is 0 Å². The summed E-state index contributed by atoms with van der Waals surface area (Å²) in [7, 11) is 0. The first-order valence-corrected chi connectivity index (χ1v) is 6.96. The van der Waals surface area contributed by atoms with Crippen molar-refractivity contribution in [1.82, 2.24) is 10.2 Å². The van der Waals surface area contributed by atoms with E-state index in [2.05, 4.69) is 22.3 Å². The molecule has 1 unspecified atom stereocenters. The van der Waals surface area contributed by atoms with Crippen LogP contribution in [0.15, 0.2) is 47.1 Å². The molecule has 0 spiro atoms. The highest BCUT2D eigenvalue weighted by molar-refractivity contribution is 6.30. The van der Waals surface area contributed by atoms with Gasteiger partial charge in [0.05, 0.1) is 12.3 Å². The van der Waals surface area contributed by atoms with Crippen LogP contribution < -0.4 is 5.32 Å². The van der Waals surface area contributed by atoms with E-state index in [9.17, 15) is 0 Å². The molecule has 4 heteroatoms. The van der Waals surface area contributed by atoms with Crippen LogP contribution in [0.2, 0.25) is 5.02 Å². The molecule has 3 rings (SSSR count). The number of hydrogen-bond acceptors (Lipinski definition) is 3. The minimum Gasteiger partial charge on any atom is -0.467 e. The molecule has 0 bridgehead atoms. The summed E-state index contributed by atoms with van der Waals surface area (Å²) < 4.78 is 5.64. The molecule has 0 radical (unpaired) electrons. The Balaban J connectivity index is 1.93. The van der Waals surface area contributed by atoms with Crippen LogP contribution in [0.1, 0.15) is 17.4 Å². The molecule has 1 fully saturated rings. The third-order valence-corrected chi connectivity index (χ3v) is 3.77. The van der Waals surface area contributed by atoms with Crippen LogP contribution in [0.3, 0.4) is 0 Å². The van der Waals surface area contributed by atoms with Crippen molar-refractivity contribution in [3.63, 3.8) is 0 Å². The average Bonchev–Trinajstić information content (AvgIpc) is 2.96. The normalized spacial score (nSPS) is 18.4. The summed E-state index contributed by atoms with van der Waals surface area (Å²) >= 11 is 5.98. The topological polar surface area (TPSA) is 28.4 Å². The van der Waals surface area contributed by atoms with Gasteiger partial charge in [0.25, 0.3) is 0 Å². The molecule has 0 amide bonds. The number of nitrogens with zero attached hydrogens (tertiary/aromatic N) is 1. The second-order valence-corrected chi connectivity index (χ2v) is 5.19. The average molecular weight is 277 g/mol. The molecule has 3 nitrogen and oxygen atoms in total. The van der Waals surface area contributed by atoms with E-state index in [1.54, 1.807) is 6.26 Å². The van der Waals surface area contributed by atoms with Crippen LogP contribution in [0.4, 0.5) is 0 Å². The van der Waals surface area contributed by atoms with Gasteiger partial charge in [-0.05, 0) is 29.8 Å². The van der Waals surface area contributed by atoms with Gasteiger partial charge in [-0.1, -0.05) is 23.7 Å². The van der Waals surface area contributed by atoms with Crippen LogP contribution >= 0.6 is 11.6 Å². The van der Waals surface area contributed by atoms with E-state index < -0.39 is 0 Å². The highest BCUT2D eigenvalue weighted by atomic mass is 35.5. The maximum absolute atomic E-state index is 5.98. The lowest BCUT2D eigenvalue weighted by Crippen LogP contribution is -2.45. The van der Waals surface area contributed by atoms with Gasteiger partial charge in [0.2, 0.25) is 0 Å². The molecular formula is C15H17ClN2O. The second kappa shape index (κ2) is 5.78. The molecule has 1 aliphatic rings. The first-order chi connectivity index (χ1) is 9.34. The zero-order valence-corrected chi connectivity index (χ0v) is 11.4. The third kappa shape index (κ3) is 2.84. The summed E-state index contributed by atoms with van der Waals surface area (Å²) in [5.41, 5.74) is 1.22. The molecule has 1 aromatic carbocycles. The van der Waals surface area contributed by atoms with Gasteiger partial charge in [0.1, 0.15) is 5.76 Å². The maximum Gasteiger partial charge on any atom is 0.125 e. The molecular weight excluding hydrogens is 260 g/mol. The maximum atomic E-state index is 5.98. The van der Waals surface area contributed by atoms with Gasteiger partial charge in [-0.3, -0.25) is 4.90 Å². The second-order valence-electron chi connectivity index (χ2n) is 4.76. The van der Waals surface area contributed by atoms with Gasteiger partial charge < -0.3 is 9.73 Å². The van der Waals surface area contributed by atoms with Crippen molar-refractivity contribution >= 4 is 11.6 Å². The third-order valence-electron chi connectivity index (χ3n) is 3.52. The highest BCUT2D eigenvalue weighted by Crippen LogP contribution is 2.29. The van der Waals surface area contributed by atoms with Gasteiger partial charge in [-0.2, -0.15) is 0 Å². The molecule has 19 heavy (non-hydrogen) atoms. The number of benzene rings is 1. The minimum atomic E-state index is 0.175. The van der Waals surface area contributed by atoms with E-state index >= 15 is 0 Å². The van der Waals surface area contributed by atoms with Crippen molar-refractivity contribution in [3.8, 4) is 0 Å². The smallest absolute Gasteiger partial charge is 0.125 e. The number of rotatable bonds is 3. The fourth-order valence-corrected chi connectivity index (χ4v) is 2.71. The predicted molar refractivity (Wildman–Crippen MR) is 76.4 cm³/mol. The highest BCUT2D eigenvalue weighted by Gasteiger charge is 2.25. The molecule has 1 aromatic heterocycles. The van der Waals surface area contributed by atoms with Crippen molar-refractivity contribution in [3.05, 3.63) is 59.0 Å². The van der Waals surface area contributed by atoms with Gasteiger partial charge >= 0.3 is 0 Å². The van der Waals surface area contributed by atoms with Crippen molar-refractivity contribution in [2.75, 3.05) is 26.2 Å². The molecule has 0 saturated carbocycles. The molecule has 1 saturated heterocycles. The van der Waals surface area contributed by atoms with Crippen LogP contribution in [0.25, 0.3) is 0 Å². The standard InChI is InChI=1S/C15H17ClN2O/c16-13-5-3-12(4-6-13)15(14-2-1-11-19-14)18-9-7-17-8-10-18/h1-6,11,15,17H,7-10H2. The van der Waals surface area contributed by atoms with Crippen LogP contribution in [0, 0.1) is 0 Å². The Hall–Kier alpha value is -1.29. The van der Waals surface area contributed by atoms with Crippen molar-refractivity contribution in [2.24, 2.45) is 0 Å². The summed E-state index contributed by atoms with van der Waals surface area (Å²) in [6.45, 7) is 4.08. The number of halogens is 1. The van der Waals surface area contributed by atoms with Gasteiger partial charge in [0.15, 0.2) is 0 Å². The van der Waals surface area contributed by atoms with Gasteiger partial charge in [0, 0.05) is 31.2 Å². The SMILES string of the molecule is Clc1ccc(C(c2ccco2)N2CCNCC2)cc1. The van der Waals surface area contributed by atoms with Crippen LogP contribution in [-0.4, -0.2) is 31.1 Å². The molecule has 1 atom stereocenters. The Labute approximate surface area is 118 Å². The van der Waals surface area contributed by atoms with Crippen molar-refractivity contribution in [2.45, 2.75) is 6.04 Å². The van der Waals surface area contributed by atoms with E-state index in [1.807, 2.05) is 24.3 Å². The summed E-state index contributed by atoms with van der Waals surface area (Å²) in [5, 5.41) is 4.15. The zero-order valence-electron chi connectivity index (χ0n) is 10.7. The molecule has 2 aromatic rings. The minimum absolute atomic E-state index is 0.175. The summed E-state index contributed by atoms with van der Waals surface area (Å²) in [6, 6.07) is 12.2. The number of piperazine rings is 1. The summed E-state index contributed by atoms with van der Waals surface area (Å²) in [4.78, 5) is 2.44. The number of nitrogens with one attached hydrogen (secondary N) is 1. The largest absolute Gasteiger partial charge is 0.467 e. The fraction of sp³-hybridized carbons (Fsp3) is 0.333. The zero-order chi connectivity index (χ0) is 13.1. The lowest BCUT2D eigenvalue weighted by Gasteiger charge is -2.34. The monoisotopic (exact) mass is 276 g/mol. The molecule has 1 aliphatic heterocycles. The van der Waals surface area contributed by atoms with E-state index in [1.165, 1.54) is 5.56 Å². The number of furan rings is 1. The lowest BCUT2D eigenvalue weighted by molar-refractivity contribution is 0.180. The van der Waals surface area contributed by atoms with Gasteiger partial charge in [-0.25, -0.2) is 0 Å². The van der Waals surface area contributed by atoms with E-state index in [4.69, 9.17) is 16.0 Å². The molecule has 2 heterocycles. The first-order valence-electron chi connectivity index (χ1n) is 6.58. The number of hydrogen-bond donors (Lipinski definition) is 1. The first kappa shape index (κ1) is 12.7. The quantitative estimate of drug-likeness (QED) is 0.934. The fourth-order valence-electron chi connectivity index (χ4n) is 2.59. The van der Waals surface area contributed by atoms with Crippen molar-refractivity contribution < 1.29 is 4.42 Å². The van der Waals surface area contributed by atoms with E-state index in [0.717, 1.165) is 37.0 Å². The Bertz CT molecular complexity index is 503. The molecule has 100 valence electrons. The Morgan fingerprint density at radius 1 is 1.11 bits per heavy atom. The lowest BCUT2D eigenvalue weighted by atomic mass is 10.0. The Morgan fingerprint density at radius 2 is 1.84 bits per heavy atom. The van der Waals surface area contributed by atoms with Crippen molar-refractivity contribution in [1.29, 1.82) is 0 Å². The molecule has 1 N–H and O–H groups in total. The van der Waals surface area contributed by atoms with E-state index in [-0.39, 0.29) is 6.04 Å².